The molecule has 1 amide bonds. The highest BCUT2D eigenvalue weighted by Crippen LogP contribution is 2.31. The van der Waals surface area contributed by atoms with Gasteiger partial charge in [0, 0.05) is 31.2 Å². The number of hydrogen-bond acceptors (Lipinski definition) is 4. The lowest BCUT2D eigenvalue weighted by Gasteiger charge is -2.36. The minimum absolute atomic E-state index is 0.199. The fourth-order valence-corrected chi connectivity index (χ4v) is 3.49. The SMILES string of the molecule is CCOc1ccccc1C(=O)Nc1cc(Cl)ccc1N1CCN(CC)CC1. The molecule has 0 bridgehead atoms. The van der Waals surface area contributed by atoms with Crippen molar-refractivity contribution in [3.63, 3.8) is 0 Å². The summed E-state index contributed by atoms with van der Waals surface area (Å²) in [5.41, 5.74) is 2.24. The number of piperazine rings is 1. The molecule has 0 unspecified atom stereocenters. The number of anilines is 2. The highest BCUT2D eigenvalue weighted by Gasteiger charge is 2.20. The molecule has 5 nitrogen and oxygen atoms in total. The van der Waals surface area contributed by atoms with Crippen LogP contribution >= 0.6 is 11.6 Å². The number of hydrogen-bond donors (Lipinski definition) is 1. The third-order valence-corrected chi connectivity index (χ3v) is 5.03. The third-order valence-electron chi connectivity index (χ3n) is 4.80. The van der Waals surface area contributed by atoms with Crippen molar-refractivity contribution in [3.8, 4) is 5.75 Å². The Kier molecular flexibility index (Phi) is 6.58. The van der Waals surface area contributed by atoms with Crippen molar-refractivity contribution >= 4 is 28.9 Å². The molecule has 1 saturated heterocycles. The molecule has 0 radical (unpaired) electrons. The van der Waals surface area contributed by atoms with Gasteiger partial charge in [0.2, 0.25) is 0 Å². The summed E-state index contributed by atoms with van der Waals surface area (Å²) in [4.78, 5) is 17.6. The topological polar surface area (TPSA) is 44.8 Å². The Bertz CT molecular complexity index is 789. The van der Waals surface area contributed by atoms with Gasteiger partial charge in [-0.05, 0) is 43.8 Å². The summed E-state index contributed by atoms with van der Waals surface area (Å²) >= 11 is 6.21. The number of ether oxygens (including phenoxy) is 1. The summed E-state index contributed by atoms with van der Waals surface area (Å²) in [5.74, 6) is 0.382. The van der Waals surface area contributed by atoms with E-state index in [0.29, 0.717) is 22.9 Å². The zero-order valence-electron chi connectivity index (χ0n) is 15.9. The fourth-order valence-electron chi connectivity index (χ4n) is 3.31. The number of rotatable bonds is 6. The van der Waals surface area contributed by atoms with Crippen molar-refractivity contribution in [3.05, 3.63) is 53.1 Å². The van der Waals surface area contributed by atoms with Gasteiger partial charge in [-0.1, -0.05) is 30.7 Å². The molecule has 0 aromatic heterocycles. The van der Waals surface area contributed by atoms with Crippen LogP contribution in [0.1, 0.15) is 24.2 Å². The lowest BCUT2D eigenvalue weighted by atomic mass is 10.1. The van der Waals surface area contributed by atoms with E-state index in [9.17, 15) is 4.79 Å². The lowest BCUT2D eigenvalue weighted by Crippen LogP contribution is -2.46. The third kappa shape index (κ3) is 4.73. The van der Waals surface area contributed by atoms with Gasteiger partial charge >= 0.3 is 0 Å². The van der Waals surface area contributed by atoms with Gasteiger partial charge in [0.15, 0.2) is 0 Å². The highest BCUT2D eigenvalue weighted by atomic mass is 35.5. The first-order valence-corrected chi connectivity index (χ1v) is 9.80. The minimum atomic E-state index is -0.199. The van der Waals surface area contributed by atoms with Crippen molar-refractivity contribution in [1.82, 2.24) is 4.90 Å². The van der Waals surface area contributed by atoms with Crippen LogP contribution in [0.25, 0.3) is 0 Å². The van der Waals surface area contributed by atoms with Crippen LogP contribution in [0.4, 0.5) is 11.4 Å². The first-order chi connectivity index (χ1) is 13.1. The van der Waals surface area contributed by atoms with Crippen LogP contribution < -0.4 is 15.0 Å². The predicted molar refractivity (Wildman–Crippen MR) is 111 cm³/mol. The largest absolute Gasteiger partial charge is 0.493 e. The zero-order valence-corrected chi connectivity index (χ0v) is 16.6. The molecule has 1 aliphatic rings. The quantitative estimate of drug-likeness (QED) is 0.809. The number of nitrogens with one attached hydrogen (secondary N) is 1. The molecule has 2 aromatic carbocycles. The Labute approximate surface area is 165 Å². The molecule has 6 heteroatoms. The van der Waals surface area contributed by atoms with E-state index in [1.54, 1.807) is 12.1 Å². The van der Waals surface area contributed by atoms with Crippen LogP contribution in [0, 0.1) is 0 Å². The Balaban J connectivity index is 1.82. The maximum Gasteiger partial charge on any atom is 0.259 e. The molecule has 0 spiro atoms. The number of nitrogens with zero attached hydrogens (tertiary/aromatic N) is 2. The average Bonchev–Trinajstić information content (AvgIpc) is 2.69. The number of halogens is 1. The van der Waals surface area contributed by atoms with Gasteiger partial charge in [0.05, 0.1) is 23.5 Å². The van der Waals surface area contributed by atoms with Gasteiger partial charge in [0.1, 0.15) is 5.75 Å². The number of carbonyl (C=O) groups excluding carboxylic acids is 1. The first-order valence-electron chi connectivity index (χ1n) is 9.42. The molecule has 0 atom stereocenters. The highest BCUT2D eigenvalue weighted by molar-refractivity contribution is 6.31. The van der Waals surface area contributed by atoms with E-state index < -0.39 is 0 Å². The standard InChI is InChI=1S/C21H26ClN3O2/c1-3-24-11-13-25(14-12-24)19-10-9-16(22)15-18(19)23-21(26)17-7-5-6-8-20(17)27-4-2/h5-10,15H,3-4,11-14H2,1-2H3,(H,23,26). The van der Waals surface area contributed by atoms with Gasteiger partial charge < -0.3 is 19.9 Å². The smallest absolute Gasteiger partial charge is 0.259 e. The van der Waals surface area contributed by atoms with E-state index in [1.807, 2.05) is 37.3 Å². The molecule has 0 aliphatic carbocycles. The van der Waals surface area contributed by atoms with E-state index >= 15 is 0 Å². The van der Waals surface area contributed by atoms with Crippen LogP contribution in [0.2, 0.25) is 5.02 Å². The van der Waals surface area contributed by atoms with Crippen molar-refractivity contribution in [2.24, 2.45) is 0 Å². The number of likely N-dealkylation sites (N-methyl/N-ethyl adjacent to an activating group) is 1. The Hall–Kier alpha value is -2.24. The van der Waals surface area contributed by atoms with Crippen molar-refractivity contribution in [2.75, 3.05) is 49.5 Å². The average molecular weight is 388 g/mol. The number of benzene rings is 2. The molecule has 1 heterocycles. The first kappa shape index (κ1) is 19.5. The lowest BCUT2D eigenvalue weighted by molar-refractivity contribution is 0.102. The molecule has 1 aliphatic heterocycles. The molecule has 1 fully saturated rings. The second kappa shape index (κ2) is 9.11. The molecule has 2 aromatic rings. The van der Waals surface area contributed by atoms with E-state index in [2.05, 4.69) is 22.0 Å². The van der Waals surface area contributed by atoms with E-state index in [0.717, 1.165) is 44.1 Å². The fraction of sp³-hybridized carbons (Fsp3) is 0.381. The number of carbonyl (C=O) groups is 1. The van der Waals surface area contributed by atoms with Gasteiger partial charge in [-0.25, -0.2) is 0 Å². The van der Waals surface area contributed by atoms with Gasteiger partial charge in [-0.2, -0.15) is 0 Å². The summed E-state index contributed by atoms with van der Waals surface area (Å²) in [6, 6.07) is 12.9. The summed E-state index contributed by atoms with van der Waals surface area (Å²) in [6.45, 7) is 9.53. The van der Waals surface area contributed by atoms with Crippen molar-refractivity contribution in [2.45, 2.75) is 13.8 Å². The molecule has 27 heavy (non-hydrogen) atoms. The summed E-state index contributed by atoms with van der Waals surface area (Å²) < 4.78 is 5.59. The van der Waals surface area contributed by atoms with Gasteiger partial charge in [-0.15, -0.1) is 0 Å². The van der Waals surface area contributed by atoms with Crippen molar-refractivity contribution in [1.29, 1.82) is 0 Å². The molecule has 3 rings (SSSR count). The minimum Gasteiger partial charge on any atom is -0.493 e. The van der Waals surface area contributed by atoms with E-state index in [4.69, 9.17) is 16.3 Å². The molecular weight excluding hydrogens is 362 g/mol. The van der Waals surface area contributed by atoms with Crippen LogP contribution in [-0.2, 0) is 0 Å². The summed E-state index contributed by atoms with van der Waals surface area (Å²) in [6.07, 6.45) is 0. The van der Waals surface area contributed by atoms with E-state index in [-0.39, 0.29) is 5.91 Å². The predicted octanol–water partition coefficient (Wildman–Crippen LogP) is 4.13. The second-order valence-corrected chi connectivity index (χ2v) is 6.90. The van der Waals surface area contributed by atoms with Crippen LogP contribution in [-0.4, -0.2) is 50.1 Å². The monoisotopic (exact) mass is 387 g/mol. The van der Waals surface area contributed by atoms with Crippen LogP contribution in [0.3, 0.4) is 0 Å². The molecule has 144 valence electrons. The Morgan fingerprint density at radius 1 is 1.11 bits per heavy atom. The molecule has 1 N–H and O–H groups in total. The number of para-hydroxylation sites is 1. The Morgan fingerprint density at radius 2 is 1.85 bits per heavy atom. The Morgan fingerprint density at radius 3 is 2.56 bits per heavy atom. The maximum atomic E-state index is 12.9. The van der Waals surface area contributed by atoms with Crippen molar-refractivity contribution < 1.29 is 9.53 Å². The van der Waals surface area contributed by atoms with Crippen LogP contribution in [0.5, 0.6) is 5.75 Å². The van der Waals surface area contributed by atoms with E-state index in [1.165, 1.54) is 0 Å². The van der Waals surface area contributed by atoms with Gasteiger partial charge in [0.25, 0.3) is 5.91 Å². The zero-order chi connectivity index (χ0) is 19.2. The summed E-state index contributed by atoms with van der Waals surface area (Å²) in [7, 11) is 0. The molecular formula is C21H26ClN3O2. The maximum absolute atomic E-state index is 12.9. The second-order valence-electron chi connectivity index (χ2n) is 6.47. The summed E-state index contributed by atoms with van der Waals surface area (Å²) in [5, 5.41) is 3.63. The normalized spacial score (nSPS) is 14.9. The number of amides is 1. The van der Waals surface area contributed by atoms with Gasteiger partial charge in [-0.3, -0.25) is 4.79 Å². The molecule has 0 saturated carbocycles. The van der Waals surface area contributed by atoms with Crippen LogP contribution in [0.15, 0.2) is 42.5 Å².